The first-order valence-corrected chi connectivity index (χ1v) is 11.8. The smallest absolute Gasteiger partial charge is 0.238 e. The van der Waals surface area contributed by atoms with Crippen molar-refractivity contribution in [2.75, 3.05) is 17.8 Å². The lowest BCUT2D eigenvalue weighted by Gasteiger charge is -2.18. The van der Waals surface area contributed by atoms with Gasteiger partial charge in [0.2, 0.25) is 15.9 Å². The van der Waals surface area contributed by atoms with Crippen molar-refractivity contribution < 1.29 is 13.2 Å². The first kappa shape index (κ1) is 21.5. The van der Waals surface area contributed by atoms with Gasteiger partial charge in [-0.3, -0.25) is 9.48 Å². The lowest BCUT2D eigenvalue weighted by atomic mass is 10.1. The molecule has 2 N–H and O–H groups in total. The van der Waals surface area contributed by atoms with Gasteiger partial charge in [0.15, 0.2) is 0 Å². The summed E-state index contributed by atoms with van der Waals surface area (Å²) >= 11 is 1.58. The molecule has 0 aliphatic rings. The van der Waals surface area contributed by atoms with Crippen LogP contribution in [-0.2, 0) is 27.9 Å². The van der Waals surface area contributed by atoms with E-state index < -0.39 is 16.1 Å². The number of nitrogens with one attached hydrogen (secondary N) is 2. The molecule has 0 saturated heterocycles. The van der Waals surface area contributed by atoms with E-state index in [2.05, 4.69) is 15.1 Å². The van der Waals surface area contributed by atoms with E-state index in [1.54, 1.807) is 24.9 Å². The van der Waals surface area contributed by atoms with Crippen molar-refractivity contribution in [2.24, 2.45) is 0 Å². The van der Waals surface area contributed by atoms with Crippen LogP contribution in [0.3, 0.4) is 0 Å². The van der Waals surface area contributed by atoms with Crippen molar-refractivity contribution in [3.63, 3.8) is 0 Å². The molecule has 2 aromatic rings. The quantitative estimate of drug-likeness (QED) is 0.587. The predicted molar refractivity (Wildman–Crippen MR) is 109 cm³/mol. The Labute approximate surface area is 165 Å². The number of amides is 1. The van der Waals surface area contributed by atoms with E-state index in [-0.39, 0.29) is 11.7 Å². The molecule has 1 unspecified atom stereocenters. The van der Waals surface area contributed by atoms with Crippen molar-refractivity contribution >= 4 is 27.7 Å². The summed E-state index contributed by atoms with van der Waals surface area (Å²) in [5.41, 5.74) is 2.07. The van der Waals surface area contributed by atoms with Gasteiger partial charge in [-0.2, -0.15) is 16.9 Å². The van der Waals surface area contributed by atoms with Gasteiger partial charge in [-0.05, 0) is 42.5 Å². The van der Waals surface area contributed by atoms with Gasteiger partial charge < -0.3 is 5.32 Å². The van der Waals surface area contributed by atoms with Crippen LogP contribution < -0.4 is 10.0 Å². The van der Waals surface area contributed by atoms with Crippen molar-refractivity contribution in [1.82, 2.24) is 19.8 Å². The monoisotopic (exact) mass is 410 g/mol. The van der Waals surface area contributed by atoms with Crippen LogP contribution in [0.2, 0.25) is 0 Å². The van der Waals surface area contributed by atoms with E-state index in [9.17, 15) is 13.2 Å². The zero-order valence-electron chi connectivity index (χ0n) is 15.6. The molecular formula is C18H26N4O3S2. The molecule has 0 spiro atoms. The van der Waals surface area contributed by atoms with Crippen molar-refractivity contribution in [3.05, 3.63) is 53.9 Å². The molecule has 27 heavy (non-hydrogen) atoms. The normalized spacial score (nSPS) is 12.7. The predicted octanol–water partition coefficient (Wildman–Crippen LogP) is 1.61. The number of hydrogen-bond donors (Lipinski definition) is 2. The highest BCUT2D eigenvalue weighted by Gasteiger charge is 2.22. The minimum atomic E-state index is -3.44. The topological polar surface area (TPSA) is 93.1 Å². The lowest BCUT2D eigenvalue weighted by Crippen LogP contribution is -2.47. The maximum absolute atomic E-state index is 12.4. The van der Waals surface area contributed by atoms with Gasteiger partial charge in [-0.25, -0.2) is 13.1 Å². The number of hydrogen-bond acceptors (Lipinski definition) is 5. The van der Waals surface area contributed by atoms with Crippen molar-refractivity contribution in [3.8, 4) is 0 Å². The highest BCUT2D eigenvalue weighted by molar-refractivity contribution is 7.98. The summed E-state index contributed by atoms with van der Waals surface area (Å²) in [5, 5.41) is 7.00. The highest BCUT2D eigenvalue weighted by Crippen LogP contribution is 2.07. The molecule has 1 heterocycles. The second-order valence-electron chi connectivity index (χ2n) is 6.09. The first-order valence-electron chi connectivity index (χ1n) is 8.75. The van der Waals surface area contributed by atoms with Gasteiger partial charge in [-0.1, -0.05) is 24.3 Å². The minimum absolute atomic E-state index is 0.0479. The molecule has 1 amide bonds. The number of thioether (sulfide) groups is 1. The Morgan fingerprint density at radius 1 is 1.26 bits per heavy atom. The summed E-state index contributed by atoms with van der Waals surface area (Å²) in [5.74, 6) is 0.349. The number of aromatic nitrogens is 2. The molecule has 0 aliphatic carbocycles. The number of benzene rings is 1. The van der Waals surface area contributed by atoms with Gasteiger partial charge in [0.1, 0.15) is 6.04 Å². The molecule has 7 nitrogen and oxygen atoms in total. The van der Waals surface area contributed by atoms with Crippen LogP contribution >= 0.6 is 11.8 Å². The second kappa shape index (κ2) is 10.5. The van der Waals surface area contributed by atoms with Crippen LogP contribution in [0.5, 0.6) is 0 Å². The molecule has 1 atom stereocenters. The lowest BCUT2D eigenvalue weighted by molar-refractivity contribution is -0.122. The summed E-state index contributed by atoms with van der Waals surface area (Å²) < 4.78 is 28.0. The fraction of sp³-hybridized carbons (Fsp3) is 0.444. The fourth-order valence-electron chi connectivity index (χ4n) is 2.44. The number of rotatable bonds is 11. The third-order valence-electron chi connectivity index (χ3n) is 4.02. The standard InChI is InChI=1S/C18H26N4O3S2/c1-3-27(24,25)21-17(9-12-26-2)18(23)19-13-15-5-7-16(8-6-15)14-22-11-4-10-20-22/h4-8,10-11,17,21H,3,9,12-14H2,1-2H3,(H,19,23). The molecule has 0 bridgehead atoms. The van der Waals surface area contributed by atoms with E-state index in [0.29, 0.717) is 25.3 Å². The molecule has 1 aromatic carbocycles. The van der Waals surface area contributed by atoms with Crippen LogP contribution in [0.1, 0.15) is 24.5 Å². The third-order valence-corrected chi connectivity index (χ3v) is 6.07. The van der Waals surface area contributed by atoms with E-state index >= 15 is 0 Å². The van der Waals surface area contributed by atoms with Gasteiger partial charge in [0, 0.05) is 18.9 Å². The zero-order chi connectivity index (χ0) is 19.7. The third kappa shape index (κ3) is 7.36. The number of carbonyl (C=O) groups excluding carboxylic acids is 1. The van der Waals surface area contributed by atoms with E-state index in [1.165, 1.54) is 0 Å². The molecule has 0 saturated carbocycles. The number of nitrogens with zero attached hydrogens (tertiary/aromatic N) is 2. The largest absolute Gasteiger partial charge is 0.351 e. The Morgan fingerprint density at radius 3 is 2.56 bits per heavy atom. The van der Waals surface area contributed by atoms with Crippen molar-refractivity contribution in [1.29, 1.82) is 0 Å². The maximum atomic E-state index is 12.4. The highest BCUT2D eigenvalue weighted by atomic mass is 32.2. The van der Waals surface area contributed by atoms with Gasteiger partial charge in [0.25, 0.3) is 0 Å². The molecule has 0 radical (unpaired) electrons. The van der Waals surface area contributed by atoms with Gasteiger partial charge in [-0.15, -0.1) is 0 Å². The van der Waals surface area contributed by atoms with Gasteiger partial charge >= 0.3 is 0 Å². The average Bonchev–Trinajstić information content (AvgIpc) is 3.17. The summed E-state index contributed by atoms with van der Waals surface area (Å²) in [7, 11) is -3.44. The van der Waals surface area contributed by atoms with Crippen LogP contribution in [0.15, 0.2) is 42.7 Å². The zero-order valence-corrected chi connectivity index (χ0v) is 17.2. The van der Waals surface area contributed by atoms with E-state index in [1.807, 2.05) is 47.5 Å². The molecular weight excluding hydrogens is 384 g/mol. The fourth-order valence-corrected chi connectivity index (χ4v) is 3.73. The Hall–Kier alpha value is -1.84. The SMILES string of the molecule is CCS(=O)(=O)NC(CCSC)C(=O)NCc1ccc(Cn2cccn2)cc1. The molecule has 0 aliphatic heterocycles. The molecule has 0 fully saturated rings. The van der Waals surface area contributed by atoms with Crippen LogP contribution in [0.25, 0.3) is 0 Å². The Balaban J connectivity index is 1.91. The van der Waals surface area contributed by atoms with E-state index in [0.717, 1.165) is 11.1 Å². The molecule has 1 aromatic heterocycles. The van der Waals surface area contributed by atoms with Crippen LogP contribution in [0.4, 0.5) is 0 Å². The van der Waals surface area contributed by atoms with E-state index in [4.69, 9.17) is 0 Å². The first-order chi connectivity index (χ1) is 12.9. The Morgan fingerprint density at radius 2 is 1.96 bits per heavy atom. The maximum Gasteiger partial charge on any atom is 0.238 e. The Kier molecular flexibility index (Phi) is 8.33. The number of sulfonamides is 1. The number of carbonyl (C=O) groups is 1. The Bertz CT molecular complexity index is 806. The van der Waals surface area contributed by atoms with Crippen molar-refractivity contribution in [2.45, 2.75) is 32.5 Å². The minimum Gasteiger partial charge on any atom is -0.351 e. The molecule has 9 heteroatoms. The van der Waals surface area contributed by atoms with Gasteiger partial charge in [0.05, 0.1) is 12.3 Å². The summed E-state index contributed by atoms with van der Waals surface area (Å²) in [6.07, 6.45) is 6.02. The summed E-state index contributed by atoms with van der Waals surface area (Å²) in [4.78, 5) is 12.4. The van der Waals surface area contributed by atoms with Crippen LogP contribution in [-0.4, -0.2) is 47.9 Å². The van der Waals surface area contributed by atoms with Crippen LogP contribution in [0, 0.1) is 0 Å². The summed E-state index contributed by atoms with van der Waals surface area (Å²) in [6, 6.07) is 9.02. The average molecular weight is 411 g/mol. The summed E-state index contributed by atoms with van der Waals surface area (Å²) in [6.45, 7) is 2.59. The molecule has 148 valence electrons. The second-order valence-corrected chi connectivity index (χ2v) is 9.12. The molecule has 2 rings (SSSR count).